The highest BCUT2D eigenvalue weighted by atomic mass is 35.5. The number of amides is 3. The van der Waals surface area contributed by atoms with Gasteiger partial charge in [-0.3, -0.25) is 10.1 Å². The fraction of sp³-hybridized carbons (Fsp3) is 0.389. The SMILES string of the molecule is CC(C)[C@H](OC(=O)/C=C/c1cc(Cl)c2c(c1)OCCCO2)C(=O)NC(N)=O. The number of ether oxygens (including phenoxy) is 3. The molecule has 2 rings (SSSR count). The number of carbonyl (C=O) groups is 3. The summed E-state index contributed by atoms with van der Waals surface area (Å²) in [6, 6.07) is 2.30. The van der Waals surface area contributed by atoms with Gasteiger partial charge in [-0.05, 0) is 29.7 Å². The second-order valence-electron chi connectivity index (χ2n) is 6.17. The van der Waals surface area contributed by atoms with E-state index in [9.17, 15) is 14.4 Å². The van der Waals surface area contributed by atoms with E-state index in [0.29, 0.717) is 35.3 Å². The first-order valence-electron chi connectivity index (χ1n) is 8.36. The molecule has 27 heavy (non-hydrogen) atoms. The van der Waals surface area contributed by atoms with Crippen molar-refractivity contribution in [2.75, 3.05) is 13.2 Å². The van der Waals surface area contributed by atoms with Crippen LogP contribution in [0.2, 0.25) is 5.02 Å². The van der Waals surface area contributed by atoms with Gasteiger partial charge in [0.2, 0.25) is 0 Å². The van der Waals surface area contributed by atoms with E-state index in [0.717, 1.165) is 12.5 Å². The monoisotopic (exact) mass is 396 g/mol. The molecule has 1 aromatic rings. The van der Waals surface area contributed by atoms with Crippen molar-refractivity contribution in [3.63, 3.8) is 0 Å². The van der Waals surface area contributed by atoms with Gasteiger partial charge in [0.05, 0.1) is 18.2 Å². The van der Waals surface area contributed by atoms with Crippen LogP contribution in [-0.4, -0.2) is 37.2 Å². The molecule has 146 valence electrons. The number of primary amides is 1. The van der Waals surface area contributed by atoms with Crippen molar-refractivity contribution in [1.29, 1.82) is 0 Å². The quantitative estimate of drug-likeness (QED) is 0.582. The summed E-state index contributed by atoms with van der Waals surface area (Å²) in [4.78, 5) is 34.7. The van der Waals surface area contributed by atoms with Crippen LogP contribution in [0.3, 0.4) is 0 Å². The lowest BCUT2D eigenvalue weighted by Crippen LogP contribution is -2.45. The molecule has 0 spiro atoms. The van der Waals surface area contributed by atoms with Crippen molar-refractivity contribution >= 4 is 35.6 Å². The molecule has 1 heterocycles. The summed E-state index contributed by atoms with van der Waals surface area (Å²) in [7, 11) is 0. The Labute approximate surface area is 161 Å². The Hall–Kier alpha value is -2.74. The molecule has 0 unspecified atom stereocenters. The van der Waals surface area contributed by atoms with Crippen LogP contribution < -0.4 is 20.5 Å². The van der Waals surface area contributed by atoms with Crippen molar-refractivity contribution < 1.29 is 28.6 Å². The lowest BCUT2D eigenvalue weighted by molar-refractivity contribution is -0.153. The molecule has 8 nitrogen and oxygen atoms in total. The Balaban J connectivity index is 2.09. The van der Waals surface area contributed by atoms with Crippen molar-refractivity contribution in [1.82, 2.24) is 5.32 Å². The molecule has 0 bridgehead atoms. The number of hydrogen-bond acceptors (Lipinski definition) is 6. The van der Waals surface area contributed by atoms with Crippen LogP contribution in [-0.2, 0) is 14.3 Å². The Morgan fingerprint density at radius 3 is 2.63 bits per heavy atom. The van der Waals surface area contributed by atoms with E-state index in [1.807, 2.05) is 5.32 Å². The molecule has 1 aromatic carbocycles. The van der Waals surface area contributed by atoms with Crippen LogP contribution in [0, 0.1) is 5.92 Å². The maximum absolute atomic E-state index is 12.1. The van der Waals surface area contributed by atoms with E-state index in [1.54, 1.807) is 26.0 Å². The Morgan fingerprint density at radius 1 is 1.26 bits per heavy atom. The molecule has 0 saturated carbocycles. The molecule has 9 heteroatoms. The van der Waals surface area contributed by atoms with Crippen LogP contribution in [0.5, 0.6) is 11.5 Å². The highest BCUT2D eigenvalue weighted by Gasteiger charge is 2.26. The summed E-state index contributed by atoms with van der Waals surface area (Å²) in [6.07, 6.45) is 2.23. The van der Waals surface area contributed by atoms with Gasteiger partial charge >= 0.3 is 12.0 Å². The zero-order chi connectivity index (χ0) is 20.0. The number of nitrogens with one attached hydrogen (secondary N) is 1. The first-order valence-corrected chi connectivity index (χ1v) is 8.74. The fourth-order valence-corrected chi connectivity index (χ4v) is 2.63. The summed E-state index contributed by atoms with van der Waals surface area (Å²) >= 11 is 6.20. The van der Waals surface area contributed by atoms with Gasteiger partial charge in [-0.2, -0.15) is 0 Å². The molecule has 0 radical (unpaired) electrons. The zero-order valence-electron chi connectivity index (χ0n) is 15.0. The maximum atomic E-state index is 12.1. The van der Waals surface area contributed by atoms with E-state index < -0.39 is 24.0 Å². The number of hydrogen-bond donors (Lipinski definition) is 2. The van der Waals surface area contributed by atoms with Gasteiger partial charge in [0, 0.05) is 12.5 Å². The highest BCUT2D eigenvalue weighted by Crippen LogP contribution is 2.38. The number of carbonyl (C=O) groups excluding carboxylic acids is 3. The van der Waals surface area contributed by atoms with Gasteiger partial charge in [0.25, 0.3) is 5.91 Å². The molecular formula is C18H21ClN2O6. The molecule has 0 aliphatic carbocycles. The third kappa shape index (κ3) is 5.89. The summed E-state index contributed by atoms with van der Waals surface area (Å²) < 4.78 is 16.3. The van der Waals surface area contributed by atoms with Crippen LogP contribution >= 0.6 is 11.6 Å². The summed E-state index contributed by atoms with van der Waals surface area (Å²) in [6.45, 7) is 4.36. The third-order valence-corrected chi connectivity index (χ3v) is 3.87. The minimum absolute atomic E-state index is 0.353. The Morgan fingerprint density at radius 2 is 1.96 bits per heavy atom. The number of nitrogens with two attached hydrogens (primary N) is 1. The Bertz CT molecular complexity index is 762. The predicted molar refractivity (Wildman–Crippen MR) is 98.5 cm³/mol. The van der Waals surface area contributed by atoms with Gasteiger partial charge in [0.1, 0.15) is 0 Å². The van der Waals surface area contributed by atoms with E-state index in [1.165, 1.54) is 6.08 Å². The Kier molecular flexibility index (Phi) is 7.06. The highest BCUT2D eigenvalue weighted by molar-refractivity contribution is 6.32. The van der Waals surface area contributed by atoms with Crippen LogP contribution in [0.1, 0.15) is 25.8 Å². The predicted octanol–water partition coefficient (Wildman–Crippen LogP) is 2.28. The molecule has 0 aromatic heterocycles. The average Bonchev–Trinajstić information content (AvgIpc) is 2.82. The van der Waals surface area contributed by atoms with Gasteiger partial charge in [-0.1, -0.05) is 25.4 Å². The molecule has 0 fully saturated rings. The topological polar surface area (TPSA) is 117 Å². The first-order chi connectivity index (χ1) is 12.8. The number of benzene rings is 1. The van der Waals surface area contributed by atoms with E-state index in [-0.39, 0.29) is 5.92 Å². The zero-order valence-corrected chi connectivity index (χ0v) is 15.7. The average molecular weight is 397 g/mol. The van der Waals surface area contributed by atoms with E-state index in [2.05, 4.69) is 0 Å². The van der Waals surface area contributed by atoms with Gasteiger partial charge in [0.15, 0.2) is 17.6 Å². The fourth-order valence-electron chi connectivity index (χ4n) is 2.36. The number of imide groups is 1. The van der Waals surface area contributed by atoms with Crippen molar-refractivity contribution in [3.05, 3.63) is 28.8 Å². The molecule has 1 aliphatic heterocycles. The van der Waals surface area contributed by atoms with Crippen LogP contribution in [0.15, 0.2) is 18.2 Å². The molecule has 0 saturated heterocycles. The maximum Gasteiger partial charge on any atom is 0.331 e. The summed E-state index contributed by atoms with van der Waals surface area (Å²) in [5.74, 6) is -0.922. The smallest absolute Gasteiger partial charge is 0.331 e. The normalized spacial score (nSPS) is 14.5. The van der Waals surface area contributed by atoms with Crippen LogP contribution in [0.4, 0.5) is 4.79 Å². The minimum atomic E-state index is -1.15. The summed E-state index contributed by atoms with van der Waals surface area (Å²) in [5, 5.41) is 2.27. The number of urea groups is 1. The molecule has 1 aliphatic rings. The summed E-state index contributed by atoms with van der Waals surface area (Å²) in [5.41, 5.74) is 5.52. The number of fused-ring (bicyclic) bond motifs is 1. The molecule has 1 atom stereocenters. The molecule has 3 N–H and O–H groups in total. The molecule has 3 amide bonds. The first kappa shape index (κ1) is 20.6. The van der Waals surface area contributed by atoms with Gasteiger partial charge in [-0.15, -0.1) is 0 Å². The second-order valence-corrected chi connectivity index (χ2v) is 6.58. The lowest BCUT2D eigenvalue weighted by atomic mass is 10.1. The standard InChI is InChI=1S/C18H21ClN2O6/c1-10(2)15(17(23)21-18(20)24)27-14(22)5-4-11-8-12(19)16-13(9-11)25-6-3-7-26-16/h4-5,8-10,15H,3,6-7H2,1-2H3,(H3,20,21,23,24)/b5-4+/t15-/m0/s1. The number of rotatable bonds is 5. The van der Waals surface area contributed by atoms with Crippen molar-refractivity contribution in [2.45, 2.75) is 26.4 Å². The van der Waals surface area contributed by atoms with Crippen molar-refractivity contribution in [3.8, 4) is 11.5 Å². The van der Waals surface area contributed by atoms with E-state index >= 15 is 0 Å². The third-order valence-electron chi connectivity index (χ3n) is 3.59. The van der Waals surface area contributed by atoms with Crippen molar-refractivity contribution in [2.24, 2.45) is 11.7 Å². The minimum Gasteiger partial charge on any atom is -0.489 e. The van der Waals surface area contributed by atoms with Gasteiger partial charge in [-0.25, -0.2) is 9.59 Å². The van der Waals surface area contributed by atoms with E-state index in [4.69, 9.17) is 31.5 Å². The van der Waals surface area contributed by atoms with Crippen LogP contribution in [0.25, 0.3) is 6.08 Å². The largest absolute Gasteiger partial charge is 0.489 e. The van der Waals surface area contributed by atoms with Gasteiger partial charge < -0.3 is 19.9 Å². The second kappa shape index (κ2) is 9.27. The number of halogens is 1. The number of esters is 1. The molecular weight excluding hydrogens is 376 g/mol. The lowest BCUT2D eigenvalue weighted by Gasteiger charge is -2.18.